The first kappa shape index (κ1) is 25.2. The first-order valence-corrected chi connectivity index (χ1v) is 10.5. The number of nitrogens with zero attached hydrogens (tertiary/aromatic N) is 3. The predicted octanol–water partition coefficient (Wildman–Crippen LogP) is 2.26. The number of hydrogen-bond donors (Lipinski definition) is 3. The Hall–Kier alpha value is -2.04. The minimum absolute atomic E-state index is 0. The molecule has 3 rings (SSSR count). The summed E-state index contributed by atoms with van der Waals surface area (Å²) in [5.74, 6) is 1.67. The van der Waals surface area contributed by atoms with E-state index in [1.54, 1.807) is 0 Å². The molecule has 0 radical (unpaired) electrons. The molecule has 1 aromatic heterocycles. The van der Waals surface area contributed by atoms with Crippen molar-refractivity contribution >= 4 is 24.3 Å². The van der Waals surface area contributed by atoms with Gasteiger partial charge in [0.05, 0.1) is 32.5 Å². The fourth-order valence-corrected chi connectivity index (χ4v) is 3.02. The molecule has 2 aromatic rings. The van der Waals surface area contributed by atoms with Gasteiger partial charge in [-0.25, -0.2) is 0 Å². The highest BCUT2D eigenvalue weighted by atomic mass is 35.5. The largest absolute Gasteiger partial charge is 0.378 e. The highest BCUT2D eigenvalue weighted by molar-refractivity contribution is 5.85. The molecule has 31 heavy (non-hydrogen) atoms. The van der Waals surface area contributed by atoms with Crippen molar-refractivity contribution in [3.05, 3.63) is 29.8 Å². The van der Waals surface area contributed by atoms with Crippen molar-refractivity contribution in [1.29, 1.82) is 0 Å². The van der Waals surface area contributed by atoms with Crippen LogP contribution in [0.3, 0.4) is 0 Å². The van der Waals surface area contributed by atoms with Crippen molar-refractivity contribution in [3.8, 4) is 11.4 Å². The van der Waals surface area contributed by atoms with Gasteiger partial charge in [-0.15, -0.1) is 12.4 Å². The summed E-state index contributed by atoms with van der Waals surface area (Å²) in [6.45, 7) is 6.81. The first-order valence-electron chi connectivity index (χ1n) is 10.5. The van der Waals surface area contributed by atoms with Gasteiger partial charge in [0.2, 0.25) is 11.9 Å². The lowest BCUT2D eigenvalue weighted by atomic mass is 10.1. The number of benzene rings is 1. The van der Waals surface area contributed by atoms with Gasteiger partial charge in [0.25, 0.3) is 0 Å². The van der Waals surface area contributed by atoms with Crippen LogP contribution in [0, 0.1) is 6.92 Å². The first-order chi connectivity index (χ1) is 14.7. The summed E-state index contributed by atoms with van der Waals surface area (Å²) < 4.78 is 16.5. The monoisotopic (exact) mass is 452 g/mol. The third-order valence-corrected chi connectivity index (χ3v) is 4.62. The van der Waals surface area contributed by atoms with Gasteiger partial charge in [0, 0.05) is 31.8 Å². The zero-order valence-electron chi connectivity index (χ0n) is 18.0. The van der Waals surface area contributed by atoms with Gasteiger partial charge in [-0.2, -0.15) is 15.0 Å². The van der Waals surface area contributed by atoms with E-state index in [-0.39, 0.29) is 18.5 Å². The van der Waals surface area contributed by atoms with E-state index in [0.29, 0.717) is 63.8 Å². The lowest BCUT2D eigenvalue weighted by Gasteiger charge is -2.13. The fraction of sp³-hybridized carbons (Fsp3) is 0.571. The third-order valence-electron chi connectivity index (χ3n) is 4.62. The standard InChI is InChI=1S/C21H32N6O3.ClH/c1-16-4-6-17(7-5-16)19-25-20(23-9-12-29-14-13-28-11-8-22)27-21(26-19)24-15-18-3-2-10-30-18;/h4-7,18H,2-3,8-15,22H2,1H3,(H2,23,24,25,26,27);1H. The van der Waals surface area contributed by atoms with E-state index in [2.05, 4.69) is 32.5 Å². The Morgan fingerprint density at radius 1 is 1.00 bits per heavy atom. The van der Waals surface area contributed by atoms with E-state index in [0.717, 1.165) is 25.0 Å². The van der Waals surface area contributed by atoms with Crippen LogP contribution in [0.5, 0.6) is 0 Å². The molecular weight excluding hydrogens is 420 g/mol. The Balaban J connectivity index is 0.00000341. The van der Waals surface area contributed by atoms with Crippen molar-refractivity contribution in [1.82, 2.24) is 15.0 Å². The summed E-state index contributed by atoms with van der Waals surface area (Å²) in [5, 5.41) is 6.51. The van der Waals surface area contributed by atoms with Crippen molar-refractivity contribution < 1.29 is 14.2 Å². The molecular formula is C21H33ClN6O3. The molecule has 1 atom stereocenters. The molecule has 10 heteroatoms. The maximum Gasteiger partial charge on any atom is 0.228 e. The average Bonchev–Trinajstić information content (AvgIpc) is 3.28. The number of hydrogen-bond acceptors (Lipinski definition) is 9. The van der Waals surface area contributed by atoms with Gasteiger partial charge in [-0.3, -0.25) is 0 Å². The maximum absolute atomic E-state index is 5.68. The zero-order chi connectivity index (χ0) is 21.0. The molecule has 0 bridgehead atoms. The molecule has 1 aromatic carbocycles. The van der Waals surface area contributed by atoms with Crippen molar-refractivity contribution in [3.63, 3.8) is 0 Å². The lowest BCUT2D eigenvalue weighted by molar-refractivity contribution is 0.0547. The molecule has 0 saturated carbocycles. The summed E-state index contributed by atoms with van der Waals surface area (Å²) in [7, 11) is 0. The van der Waals surface area contributed by atoms with E-state index < -0.39 is 0 Å². The van der Waals surface area contributed by atoms with Crippen LogP contribution in [0.25, 0.3) is 11.4 Å². The molecule has 0 spiro atoms. The van der Waals surface area contributed by atoms with Gasteiger partial charge < -0.3 is 30.6 Å². The van der Waals surface area contributed by atoms with Crippen LogP contribution in [0.15, 0.2) is 24.3 Å². The smallest absolute Gasteiger partial charge is 0.228 e. The van der Waals surface area contributed by atoms with Crippen LogP contribution < -0.4 is 16.4 Å². The van der Waals surface area contributed by atoms with Crippen molar-refractivity contribution in [2.24, 2.45) is 5.73 Å². The number of anilines is 2. The van der Waals surface area contributed by atoms with E-state index in [9.17, 15) is 0 Å². The molecule has 172 valence electrons. The molecule has 2 heterocycles. The molecule has 0 aliphatic carbocycles. The number of nitrogens with two attached hydrogens (primary N) is 1. The second kappa shape index (κ2) is 14.1. The second-order valence-corrected chi connectivity index (χ2v) is 7.13. The molecule has 1 saturated heterocycles. The minimum atomic E-state index is 0. The summed E-state index contributed by atoms with van der Waals surface area (Å²) >= 11 is 0. The zero-order valence-corrected chi connectivity index (χ0v) is 18.8. The normalized spacial score (nSPS) is 15.5. The Bertz CT molecular complexity index is 759. The number of aryl methyl sites for hydroxylation is 1. The summed E-state index contributed by atoms with van der Waals surface area (Å²) in [6.07, 6.45) is 2.36. The molecule has 1 aliphatic rings. The van der Waals surface area contributed by atoms with Crippen LogP contribution in [-0.2, 0) is 14.2 Å². The summed E-state index contributed by atoms with van der Waals surface area (Å²) in [4.78, 5) is 13.7. The Morgan fingerprint density at radius 2 is 1.71 bits per heavy atom. The van der Waals surface area contributed by atoms with Crippen LogP contribution in [0.1, 0.15) is 18.4 Å². The second-order valence-electron chi connectivity index (χ2n) is 7.13. The predicted molar refractivity (Wildman–Crippen MR) is 124 cm³/mol. The van der Waals surface area contributed by atoms with Gasteiger partial charge in [-0.05, 0) is 19.8 Å². The Labute approximate surface area is 189 Å². The Morgan fingerprint density at radius 3 is 2.39 bits per heavy atom. The van der Waals surface area contributed by atoms with E-state index in [1.807, 2.05) is 24.3 Å². The van der Waals surface area contributed by atoms with Gasteiger partial charge >= 0.3 is 0 Å². The lowest BCUT2D eigenvalue weighted by Crippen LogP contribution is -2.21. The highest BCUT2D eigenvalue weighted by Gasteiger charge is 2.16. The van der Waals surface area contributed by atoms with Crippen LogP contribution in [-0.4, -0.2) is 73.7 Å². The van der Waals surface area contributed by atoms with E-state index in [1.165, 1.54) is 5.56 Å². The fourth-order valence-electron chi connectivity index (χ4n) is 3.02. The number of ether oxygens (including phenoxy) is 3. The average molecular weight is 453 g/mol. The SMILES string of the molecule is Cc1ccc(-c2nc(NCCOCCOCCN)nc(NCC3CCCO3)n2)cc1.Cl. The van der Waals surface area contributed by atoms with Crippen molar-refractivity contribution in [2.75, 3.05) is 63.3 Å². The minimum Gasteiger partial charge on any atom is -0.378 e. The number of nitrogens with one attached hydrogen (secondary N) is 2. The number of aromatic nitrogens is 3. The summed E-state index contributed by atoms with van der Waals surface area (Å²) in [6, 6.07) is 8.13. The molecule has 1 unspecified atom stereocenters. The number of halogens is 1. The van der Waals surface area contributed by atoms with Gasteiger partial charge in [-0.1, -0.05) is 29.8 Å². The molecule has 9 nitrogen and oxygen atoms in total. The topological polar surface area (TPSA) is 116 Å². The van der Waals surface area contributed by atoms with Crippen LogP contribution >= 0.6 is 12.4 Å². The van der Waals surface area contributed by atoms with Gasteiger partial charge in [0.15, 0.2) is 5.82 Å². The van der Waals surface area contributed by atoms with Crippen molar-refractivity contribution in [2.45, 2.75) is 25.9 Å². The molecule has 1 fully saturated rings. The quantitative estimate of drug-likeness (QED) is 0.393. The molecule has 1 aliphatic heterocycles. The number of rotatable bonds is 13. The van der Waals surface area contributed by atoms with E-state index >= 15 is 0 Å². The van der Waals surface area contributed by atoms with Crippen LogP contribution in [0.2, 0.25) is 0 Å². The Kier molecular flexibility index (Phi) is 11.5. The highest BCUT2D eigenvalue weighted by Crippen LogP contribution is 2.19. The van der Waals surface area contributed by atoms with Crippen LogP contribution in [0.4, 0.5) is 11.9 Å². The molecule has 4 N–H and O–H groups in total. The van der Waals surface area contributed by atoms with E-state index in [4.69, 9.17) is 19.9 Å². The third kappa shape index (κ3) is 8.92. The van der Waals surface area contributed by atoms with Gasteiger partial charge in [0.1, 0.15) is 0 Å². The molecule has 0 amide bonds. The summed E-state index contributed by atoms with van der Waals surface area (Å²) in [5.41, 5.74) is 7.51. The maximum atomic E-state index is 5.68.